The number of tetrazole rings is 1. The Labute approximate surface area is 207 Å². The molecule has 2 N–H and O–H groups in total. The smallest absolute Gasteiger partial charge is 0.352 e. The van der Waals surface area contributed by atoms with Crippen molar-refractivity contribution in [3.8, 4) is 12.3 Å². The minimum atomic E-state index is -1.25. The number of carbonyl (C=O) groups is 4. The standard InChI is InChI=1S/C21H18N6O6S2/c1-2-8-26-21(23-24-25-26)35-10-13-9-34-19-14(18(30)27(19)15(13)20(31)32)22-17(29)16(33-11-28)12-6-4-3-5-7-12/h1,3-7,11,14,16,19H,8-10H2,(H,22,29)(H,31,32)/t14?,16-,19-/m1/s1. The molecule has 0 bridgehead atoms. The van der Waals surface area contributed by atoms with Crippen LogP contribution >= 0.6 is 23.5 Å². The van der Waals surface area contributed by atoms with Gasteiger partial charge < -0.3 is 15.2 Å². The molecule has 3 atom stereocenters. The third-order valence-electron chi connectivity index (χ3n) is 5.20. The fraction of sp³-hybridized carbons (Fsp3) is 0.286. The summed E-state index contributed by atoms with van der Waals surface area (Å²) in [5.41, 5.74) is 0.828. The van der Waals surface area contributed by atoms with Crippen molar-refractivity contribution in [1.29, 1.82) is 0 Å². The minimum Gasteiger partial charge on any atom is -0.477 e. The summed E-state index contributed by atoms with van der Waals surface area (Å²) in [7, 11) is 0. The van der Waals surface area contributed by atoms with Gasteiger partial charge in [0.2, 0.25) is 11.3 Å². The summed E-state index contributed by atoms with van der Waals surface area (Å²) in [6.07, 6.45) is 4.06. The third-order valence-corrected chi connectivity index (χ3v) is 7.58. The maximum atomic E-state index is 12.9. The van der Waals surface area contributed by atoms with Crippen LogP contribution in [-0.2, 0) is 30.5 Å². The van der Waals surface area contributed by atoms with Crippen LogP contribution in [0.4, 0.5) is 0 Å². The van der Waals surface area contributed by atoms with E-state index in [1.54, 1.807) is 30.3 Å². The number of ether oxygens (including phenoxy) is 1. The van der Waals surface area contributed by atoms with Crippen LogP contribution in [0.2, 0.25) is 0 Å². The number of aliphatic carboxylic acids is 1. The number of carbonyl (C=O) groups excluding carboxylic acids is 3. The van der Waals surface area contributed by atoms with Gasteiger partial charge in [0.25, 0.3) is 18.3 Å². The Morgan fingerprint density at radius 3 is 2.86 bits per heavy atom. The second-order valence-electron chi connectivity index (χ2n) is 7.29. The second kappa shape index (κ2) is 10.6. The number of carboxylic acids is 1. The fourth-order valence-electron chi connectivity index (χ4n) is 3.64. The number of thioether (sulfide) groups is 2. The Bertz CT molecular complexity index is 1230. The molecule has 2 aliphatic rings. The highest BCUT2D eigenvalue weighted by Crippen LogP contribution is 2.41. The van der Waals surface area contributed by atoms with Gasteiger partial charge in [0, 0.05) is 17.1 Å². The van der Waals surface area contributed by atoms with Gasteiger partial charge in [-0.05, 0) is 16.0 Å². The van der Waals surface area contributed by atoms with Gasteiger partial charge in [0.15, 0.2) is 0 Å². The number of hydrogen-bond acceptors (Lipinski definition) is 10. The lowest BCUT2D eigenvalue weighted by atomic mass is 10.0. The van der Waals surface area contributed by atoms with Crippen molar-refractivity contribution >= 4 is 47.8 Å². The quantitative estimate of drug-likeness (QED) is 0.191. The number of benzene rings is 1. The topological polar surface area (TPSA) is 157 Å². The molecule has 0 radical (unpaired) electrons. The van der Waals surface area contributed by atoms with E-state index in [9.17, 15) is 24.3 Å². The zero-order valence-electron chi connectivity index (χ0n) is 17.9. The van der Waals surface area contributed by atoms with Crippen LogP contribution in [0.5, 0.6) is 0 Å². The summed E-state index contributed by atoms with van der Waals surface area (Å²) >= 11 is 2.53. The van der Waals surface area contributed by atoms with Gasteiger partial charge in [-0.25, -0.2) is 9.48 Å². The summed E-state index contributed by atoms with van der Waals surface area (Å²) in [5, 5.41) is 23.5. The molecule has 180 valence electrons. The molecule has 2 aromatic rings. The van der Waals surface area contributed by atoms with Crippen LogP contribution in [0.3, 0.4) is 0 Å². The third kappa shape index (κ3) is 4.86. The molecule has 1 unspecified atom stereocenters. The van der Waals surface area contributed by atoms with Crippen molar-refractivity contribution in [2.24, 2.45) is 0 Å². The van der Waals surface area contributed by atoms with E-state index in [-0.39, 0.29) is 24.5 Å². The SMILES string of the molecule is C#CCn1nnnc1SCC1=C(C(=O)O)N2C(=O)C(NC(=O)[C@H](OC=O)c3ccccc3)[C@H]2SC1. The molecule has 3 heterocycles. The Morgan fingerprint density at radius 1 is 1.40 bits per heavy atom. The van der Waals surface area contributed by atoms with Crippen molar-refractivity contribution in [2.75, 3.05) is 11.5 Å². The van der Waals surface area contributed by atoms with Gasteiger partial charge in [-0.2, -0.15) is 0 Å². The predicted octanol–water partition coefficient (Wildman–Crippen LogP) is 0.0513. The zero-order chi connectivity index (χ0) is 24.9. The van der Waals surface area contributed by atoms with Crippen molar-refractivity contribution in [3.63, 3.8) is 0 Å². The average Bonchev–Trinajstić information content (AvgIpc) is 3.31. The summed E-state index contributed by atoms with van der Waals surface area (Å²) < 4.78 is 6.35. The molecule has 12 nitrogen and oxygen atoms in total. The summed E-state index contributed by atoms with van der Waals surface area (Å²) in [5.74, 6) is 0.490. The first-order valence-corrected chi connectivity index (χ1v) is 12.2. The number of nitrogens with zero attached hydrogens (tertiary/aromatic N) is 5. The molecule has 1 aromatic carbocycles. The van der Waals surface area contributed by atoms with E-state index >= 15 is 0 Å². The first kappa shape index (κ1) is 24.3. The minimum absolute atomic E-state index is 0.128. The van der Waals surface area contributed by atoms with E-state index in [2.05, 4.69) is 26.8 Å². The van der Waals surface area contributed by atoms with Gasteiger partial charge in [-0.1, -0.05) is 48.0 Å². The normalized spacial score (nSPS) is 19.7. The number of hydrogen-bond donors (Lipinski definition) is 2. The van der Waals surface area contributed by atoms with E-state index < -0.39 is 35.3 Å². The molecule has 1 saturated heterocycles. The summed E-state index contributed by atoms with van der Waals surface area (Å²) in [4.78, 5) is 49.9. The van der Waals surface area contributed by atoms with Gasteiger partial charge in [-0.3, -0.25) is 19.3 Å². The largest absolute Gasteiger partial charge is 0.477 e. The highest BCUT2D eigenvalue weighted by atomic mass is 32.2. The zero-order valence-corrected chi connectivity index (χ0v) is 19.6. The molecule has 0 spiro atoms. The van der Waals surface area contributed by atoms with Gasteiger partial charge in [-0.15, -0.1) is 23.3 Å². The van der Waals surface area contributed by atoms with Gasteiger partial charge in [0.05, 0.1) is 0 Å². The van der Waals surface area contributed by atoms with Crippen molar-refractivity contribution in [2.45, 2.75) is 29.2 Å². The monoisotopic (exact) mass is 514 g/mol. The van der Waals surface area contributed by atoms with Crippen LogP contribution < -0.4 is 5.32 Å². The number of nitrogens with one attached hydrogen (secondary N) is 1. The highest BCUT2D eigenvalue weighted by molar-refractivity contribution is 8.01. The van der Waals surface area contributed by atoms with E-state index in [0.29, 0.717) is 22.0 Å². The van der Waals surface area contributed by atoms with E-state index in [0.717, 1.165) is 0 Å². The molecule has 0 saturated carbocycles. The predicted molar refractivity (Wildman–Crippen MR) is 123 cm³/mol. The van der Waals surface area contributed by atoms with Gasteiger partial charge in [0.1, 0.15) is 23.7 Å². The molecular weight excluding hydrogens is 496 g/mol. The molecular formula is C21H18N6O6S2. The highest BCUT2D eigenvalue weighted by Gasteiger charge is 2.54. The van der Waals surface area contributed by atoms with Crippen molar-refractivity contribution in [3.05, 3.63) is 47.2 Å². The molecule has 2 amide bonds. The number of carboxylic acid groups (broad SMARTS) is 1. The van der Waals surface area contributed by atoms with E-state index in [1.165, 1.54) is 33.1 Å². The van der Waals surface area contributed by atoms with E-state index in [4.69, 9.17) is 11.2 Å². The second-order valence-corrected chi connectivity index (χ2v) is 9.34. The molecule has 2 aliphatic heterocycles. The first-order valence-electron chi connectivity index (χ1n) is 10.1. The number of amides is 2. The van der Waals surface area contributed by atoms with Crippen LogP contribution in [0.1, 0.15) is 11.7 Å². The van der Waals surface area contributed by atoms with Crippen LogP contribution in [0, 0.1) is 12.3 Å². The molecule has 0 aliphatic carbocycles. The number of fused-ring (bicyclic) bond motifs is 1. The maximum absolute atomic E-state index is 12.9. The Hall–Kier alpha value is -3.83. The number of aromatic nitrogens is 4. The summed E-state index contributed by atoms with van der Waals surface area (Å²) in [6.45, 7) is 0.331. The number of rotatable bonds is 10. The van der Waals surface area contributed by atoms with Crippen molar-refractivity contribution < 1.29 is 29.0 Å². The molecule has 1 aromatic heterocycles. The molecule has 4 rings (SSSR count). The lowest BCUT2D eigenvalue weighted by Crippen LogP contribution is -2.71. The number of β-lactam (4-membered cyclic amide) rings is 1. The summed E-state index contributed by atoms with van der Waals surface area (Å²) in [6, 6.07) is 7.40. The van der Waals surface area contributed by atoms with E-state index in [1.807, 2.05) is 0 Å². The average molecular weight is 515 g/mol. The fourth-order valence-corrected chi connectivity index (χ4v) is 6.00. The maximum Gasteiger partial charge on any atom is 0.352 e. The Kier molecular flexibility index (Phi) is 7.37. The first-order chi connectivity index (χ1) is 17.0. The number of terminal acetylenes is 1. The van der Waals surface area contributed by atoms with Crippen LogP contribution in [-0.4, -0.2) is 77.4 Å². The molecule has 1 fully saturated rings. The van der Waals surface area contributed by atoms with Gasteiger partial charge >= 0.3 is 5.97 Å². The Balaban J connectivity index is 1.48. The van der Waals surface area contributed by atoms with Crippen molar-refractivity contribution in [1.82, 2.24) is 30.4 Å². The Morgan fingerprint density at radius 2 is 2.17 bits per heavy atom. The molecule has 35 heavy (non-hydrogen) atoms. The lowest BCUT2D eigenvalue weighted by Gasteiger charge is -2.49. The van der Waals surface area contributed by atoms with Crippen LogP contribution in [0.25, 0.3) is 0 Å². The lowest BCUT2D eigenvalue weighted by molar-refractivity contribution is -0.154. The van der Waals surface area contributed by atoms with Crippen LogP contribution in [0.15, 0.2) is 46.8 Å². The molecule has 14 heteroatoms.